The maximum atomic E-state index is 13.1. The molecule has 7 heteroatoms. The van der Waals surface area contributed by atoms with E-state index in [4.69, 9.17) is 11.6 Å². The Morgan fingerprint density at radius 2 is 1.81 bits per heavy atom. The molecular formula is C25H27ClN4O2. The van der Waals surface area contributed by atoms with E-state index in [9.17, 15) is 9.59 Å². The van der Waals surface area contributed by atoms with Gasteiger partial charge < -0.3 is 10.2 Å². The van der Waals surface area contributed by atoms with Crippen molar-refractivity contribution in [2.24, 2.45) is 0 Å². The molecule has 1 N–H and O–H groups in total. The number of nitrogens with one attached hydrogen (secondary N) is 1. The second-order valence-electron chi connectivity index (χ2n) is 8.00. The molecule has 6 nitrogen and oxygen atoms in total. The smallest absolute Gasteiger partial charge is 0.276 e. The standard InChI is InChI=1S/C25H27ClN4O2/c1-4-29(5-2)25(32)19-14-11-17(15-21(19)26)27-24(31)23-20-7-6-8-22(20)30(28-23)18-12-9-16(3)10-13-18/h9-15H,4-8H2,1-3H3,(H,27,31). The molecule has 166 valence electrons. The number of amides is 2. The number of fused-ring (bicyclic) bond motifs is 1. The van der Waals surface area contributed by atoms with Crippen LogP contribution < -0.4 is 5.32 Å². The molecule has 0 saturated carbocycles. The van der Waals surface area contributed by atoms with Gasteiger partial charge in [-0.1, -0.05) is 29.3 Å². The normalized spacial score (nSPS) is 12.5. The first-order valence-corrected chi connectivity index (χ1v) is 11.4. The van der Waals surface area contributed by atoms with Crippen LogP contribution >= 0.6 is 11.6 Å². The molecule has 3 aromatic rings. The third-order valence-electron chi connectivity index (χ3n) is 5.93. The van der Waals surface area contributed by atoms with Gasteiger partial charge in [-0.05, 0) is 70.4 Å². The van der Waals surface area contributed by atoms with Crippen molar-refractivity contribution in [3.63, 3.8) is 0 Å². The van der Waals surface area contributed by atoms with Gasteiger partial charge in [0.05, 0.1) is 16.3 Å². The highest BCUT2D eigenvalue weighted by molar-refractivity contribution is 6.34. The van der Waals surface area contributed by atoms with Gasteiger partial charge >= 0.3 is 0 Å². The van der Waals surface area contributed by atoms with Crippen molar-refractivity contribution in [2.45, 2.75) is 40.0 Å². The lowest BCUT2D eigenvalue weighted by atomic mass is 10.1. The van der Waals surface area contributed by atoms with Crippen LogP contribution in [0.15, 0.2) is 42.5 Å². The summed E-state index contributed by atoms with van der Waals surface area (Å²) >= 11 is 6.38. The fraction of sp³-hybridized carbons (Fsp3) is 0.320. The summed E-state index contributed by atoms with van der Waals surface area (Å²) in [6, 6.07) is 13.1. The number of anilines is 1. The van der Waals surface area contributed by atoms with Crippen molar-refractivity contribution in [1.29, 1.82) is 0 Å². The highest BCUT2D eigenvalue weighted by Crippen LogP contribution is 2.29. The molecule has 0 saturated heterocycles. The summed E-state index contributed by atoms with van der Waals surface area (Å²) in [5.74, 6) is -0.388. The van der Waals surface area contributed by atoms with Crippen molar-refractivity contribution >= 4 is 29.1 Å². The molecule has 32 heavy (non-hydrogen) atoms. The number of aromatic nitrogens is 2. The van der Waals surface area contributed by atoms with Gasteiger partial charge in [0.25, 0.3) is 11.8 Å². The van der Waals surface area contributed by atoms with Crippen LogP contribution in [-0.2, 0) is 12.8 Å². The molecule has 0 bridgehead atoms. The Balaban J connectivity index is 1.59. The Labute approximate surface area is 193 Å². The highest BCUT2D eigenvalue weighted by atomic mass is 35.5. The lowest BCUT2D eigenvalue weighted by Crippen LogP contribution is -2.30. The van der Waals surface area contributed by atoms with E-state index in [0.29, 0.717) is 35.1 Å². The maximum absolute atomic E-state index is 13.1. The second-order valence-corrected chi connectivity index (χ2v) is 8.41. The predicted octanol–water partition coefficient (Wildman–Crippen LogP) is 5.06. The number of hydrogen-bond donors (Lipinski definition) is 1. The van der Waals surface area contributed by atoms with Crippen LogP contribution in [0.3, 0.4) is 0 Å². The summed E-state index contributed by atoms with van der Waals surface area (Å²) in [6.07, 6.45) is 2.74. The summed E-state index contributed by atoms with van der Waals surface area (Å²) in [7, 11) is 0. The van der Waals surface area contributed by atoms with Crippen LogP contribution in [0.1, 0.15) is 57.9 Å². The van der Waals surface area contributed by atoms with Gasteiger partial charge in [-0.15, -0.1) is 0 Å². The van der Waals surface area contributed by atoms with Crippen molar-refractivity contribution in [3.05, 3.63) is 75.6 Å². The molecule has 0 spiro atoms. The van der Waals surface area contributed by atoms with Crippen molar-refractivity contribution in [1.82, 2.24) is 14.7 Å². The fourth-order valence-corrected chi connectivity index (χ4v) is 4.42. The number of halogens is 1. The van der Waals surface area contributed by atoms with Gasteiger partial charge in [-0.2, -0.15) is 5.10 Å². The zero-order valence-electron chi connectivity index (χ0n) is 18.6. The van der Waals surface area contributed by atoms with Crippen LogP contribution in [0, 0.1) is 6.92 Å². The quantitative estimate of drug-likeness (QED) is 0.571. The number of benzene rings is 2. The minimum Gasteiger partial charge on any atom is -0.339 e. The number of hydrogen-bond acceptors (Lipinski definition) is 3. The first kappa shape index (κ1) is 22.1. The number of rotatable bonds is 6. The molecule has 0 aliphatic heterocycles. The molecule has 4 rings (SSSR count). The van der Waals surface area contributed by atoms with Gasteiger partial charge in [0, 0.05) is 30.0 Å². The van der Waals surface area contributed by atoms with Crippen molar-refractivity contribution < 1.29 is 9.59 Å². The average molecular weight is 451 g/mol. The summed E-state index contributed by atoms with van der Waals surface area (Å²) in [5.41, 5.74) is 5.63. The Hall–Kier alpha value is -3.12. The average Bonchev–Trinajstić information content (AvgIpc) is 3.38. The Kier molecular flexibility index (Phi) is 6.33. The van der Waals surface area contributed by atoms with E-state index >= 15 is 0 Å². The molecule has 1 aliphatic rings. The van der Waals surface area contributed by atoms with Gasteiger partial charge in [-0.25, -0.2) is 4.68 Å². The molecule has 2 amide bonds. The maximum Gasteiger partial charge on any atom is 0.276 e. The van der Waals surface area contributed by atoms with Crippen LogP contribution in [0.2, 0.25) is 5.02 Å². The van der Waals surface area contributed by atoms with Crippen LogP contribution in [0.25, 0.3) is 5.69 Å². The lowest BCUT2D eigenvalue weighted by Gasteiger charge is -2.19. The molecule has 0 radical (unpaired) electrons. The van der Waals surface area contributed by atoms with E-state index in [1.807, 2.05) is 49.7 Å². The Morgan fingerprint density at radius 1 is 1.09 bits per heavy atom. The third kappa shape index (κ3) is 4.15. The molecule has 1 aliphatic carbocycles. The molecule has 2 aromatic carbocycles. The van der Waals surface area contributed by atoms with Gasteiger partial charge in [0.1, 0.15) is 0 Å². The van der Waals surface area contributed by atoms with Crippen LogP contribution in [0.5, 0.6) is 0 Å². The van der Waals surface area contributed by atoms with E-state index in [0.717, 1.165) is 36.2 Å². The predicted molar refractivity (Wildman–Crippen MR) is 127 cm³/mol. The topological polar surface area (TPSA) is 67.2 Å². The number of carbonyl (C=O) groups is 2. The summed E-state index contributed by atoms with van der Waals surface area (Å²) in [4.78, 5) is 27.4. The van der Waals surface area contributed by atoms with E-state index in [1.54, 1.807) is 23.1 Å². The molecule has 1 heterocycles. The van der Waals surface area contributed by atoms with Crippen LogP contribution in [0.4, 0.5) is 5.69 Å². The van der Waals surface area contributed by atoms with E-state index < -0.39 is 0 Å². The SMILES string of the molecule is CCN(CC)C(=O)c1ccc(NC(=O)c2nn(-c3ccc(C)cc3)c3c2CCC3)cc1Cl. The third-order valence-corrected chi connectivity index (χ3v) is 6.24. The van der Waals surface area contributed by atoms with E-state index in [1.165, 1.54) is 5.56 Å². The van der Waals surface area contributed by atoms with Gasteiger partial charge in [0.15, 0.2) is 5.69 Å². The summed E-state index contributed by atoms with van der Waals surface area (Å²) < 4.78 is 1.88. The molecule has 0 unspecified atom stereocenters. The van der Waals surface area contributed by atoms with Gasteiger partial charge in [0.2, 0.25) is 0 Å². The minimum absolute atomic E-state index is 0.118. The van der Waals surface area contributed by atoms with Crippen LogP contribution in [-0.4, -0.2) is 39.6 Å². The minimum atomic E-state index is -0.270. The summed E-state index contributed by atoms with van der Waals surface area (Å²) in [6.45, 7) is 7.12. The monoisotopic (exact) mass is 450 g/mol. The number of nitrogens with zero attached hydrogens (tertiary/aromatic N) is 3. The molecule has 1 aromatic heterocycles. The summed E-state index contributed by atoms with van der Waals surface area (Å²) in [5, 5.41) is 7.87. The Bertz CT molecular complexity index is 1160. The lowest BCUT2D eigenvalue weighted by molar-refractivity contribution is 0.0773. The number of carbonyl (C=O) groups excluding carboxylic acids is 2. The largest absolute Gasteiger partial charge is 0.339 e. The zero-order valence-corrected chi connectivity index (χ0v) is 19.4. The highest BCUT2D eigenvalue weighted by Gasteiger charge is 2.27. The van der Waals surface area contributed by atoms with Crippen molar-refractivity contribution in [2.75, 3.05) is 18.4 Å². The van der Waals surface area contributed by atoms with Crippen molar-refractivity contribution in [3.8, 4) is 5.69 Å². The molecule has 0 fully saturated rings. The first-order chi connectivity index (χ1) is 15.4. The second kappa shape index (κ2) is 9.17. The zero-order chi connectivity index (χ0) is 22.8. The van der Waals surface area contributed by atoms with E-state index in [-0.39, 0.29) is 11.8 Å². The Morgan fingerprint density at radius 3 is 2.47 bits per heavy atom. The molecular weight excluding hydrogens is 424 g/mol. The number of aryl methyl sites for hydroxylation is 1. The molecule has 0 atom stereocenters. The fourth-order valence-electron chi connectivity index (χ4n) is 4.16. The van der Waals surface area contributed by atoms with E-state index in [2.05, 4.69) is 10.4 Å². The first-order valence-electron chi connectivity index (χ1n) is 11.0. The van der Waals surface area contributed by atoms with Gasteiger partial charge in [-0.3, -0.25) is 9.59 Å².